The number of nitrogens with one attached hydrogen (secondary N) is 3. The Balaban J connectivity index is 1.35. The highest BCUT2D eigenvalue weighted by molar-refractivity contribution is 6.01. The van der Waals surface area contributed by atoms with Crippen molar-refractivity contribution >= 4 is 39.1 Å². The largest absolute Gasteiger partial charge is 0.371 e. The Hall–Kier alpha value is -4.13. The lowest BCUT2D eigenvalue weighted by atomic mass is 10.0. The van der Waals surface area contributed by atoms with E-state index in [-0.39, 0.29) is 5.91 Å². The van der Waals surface area contributed by atoms with Crippen LogP contribution >= 0.6 is 0 Å². The standard InChI is InChI=1S/C30H32N6O/c1-19(2)13-29(37)32-22-14-21(17-31-18-22)20-9-10-26-24(15-20)30(35-34-26)27-16-23-25(33-27)7-6-8-28(23)36-11-4-3-5-12-36/h6-10,14-19,33H,3-5,11-13H2,1-2H3,(H,32,37)(H,34,35). The number of fused-ring (bicyclic) bond motifs is 2. The Bertz CT molecular complexity index is 1570. The van der Waals surface area contributed by atoms with Crippen LogP contribution in [0, 0.1) is 5.92 Å². The van der Waals surface area contributed by atoms with E-state index in [1.165, 1.54) is 30.3 Å². The van der Waals surface area contributed by atoms with Crippen LogP contribution in [0.5, 0.6) is 0 Å². The lowest BCUT2D eigenvalue weighted by Crippen LogP contribution is -2.29. The number of nitrogens with zero attached hydrogens (tertiary/aromatic N) is 3. The minimum absolute atomic E-state index is 0.00394. The molecule has 1 amide bonds. The topological polar surface area (TPSA) is 89.7 Å². The number of benzene rings is 2. The fourth-order valence-electron chi connectivity index (χ4n) is 5.33. The van der Waals surface area contributed by atoms with Gasteiger partial charge in [0.2, 0.25) is 5.91 Å². The predicted octanol–water partition coefficient (Wildman–Crippen LogP) is 6.75. The molecule has 6 rings (SSSR count). The number of pyridine rings is 1. The summed E-state index contributed by atoms with van der Waals surface area (Å²) in [6.45, 7) is 6.29. The maximum absolute atomic E-state index is 12.3. The Morgan fingerprint density at radius 1 is 0.973 bits per heavy atom. The normalized spacial score (nSPS) is 14.1. The first-order chi connectivity index (χ1) is 18.0. The van der Waals surface area contributed by atoms with Gasteiger partial charge in [0, 0.05) is 53.2 Å². The van der Waals surface area contributed by atoms with Crippen molar-refractivity contribution in [3.05, 3.63) is 60.9 Å². The average molecular weight is 493 g/mol. The van der Waals surface area contributed by atoms with Gasteiger partial charge in [0.05, 0.1) is 23.1 Å². The van der Waals surface area contributed by atoms with E-state index in [1.807, 2.05) is 32.2 Å². The molecular weight excluding hydrogens is 460 g/mol. The summed E-state index contributed by atoms with van der Waals surface area (Å²) in [6, 6.07) is 16.9. The van der Waals surface area contributed by atoms with Gasteiger partial charge >= 0.3 is 0 Å². The number of amides is 1. The SMILES string of the molecule is CC(C)CC(=O)Nc1cncc(-c2ccc3[nH]nc(-c4cc5c(N6CCCCC6)cccc5[nH]4)c3c2)c1. The molecule has 0 bridgehead atoms. The molecule has 0 radical (unpaired) electrons. The monoisotopic (exact) mass is 492 g/mol. The number of aromatic amines is 2. The van der Waals surface area contributed by atoms with E-state index in [9.17, 15) is 4.79 Å². The van der Waals surface area contributed by atoms with Gasteiger partial charge in [-0.3, -0.25) is 14.9 Å². The van der Waals surface area contributed by atoms with Crippen LogP contribution in [0.3, 0.4) is 0 Å². The maximum atomic E-state index is 12.3. The lowest BCUT2D eigenvalue weighted by Gasteiger charge is -2.29. The number of piperidine rings is 1. The molecule has 7 nitrogen and oxygen atoms in total. The minimum Gasteiger partial charge on any atom is -0.371 e. The number of anilines is 2. The summed E-state index contributed by atoms with van der Waals surface area (Å²) in [7, 11) is 0. The average Bonchev–Trinajstić information content (AvgIpc) is 3.52. The van der Waals surface area contributed by atoms with Crippen molar-refractivity contribution in [2.24, 2.45) is 5.92 Å². The molecule has 7 heteroatoms. The molecule has 0 saturated carbocycles. The van der Waals surface area contributed by atoms with Crippen LogP contribution < -0.4 is 10.2 Å². The molecule has 4 heterocycles. The zero-order chi connectivity index (χ0) is 25.4. The van der Waals surface area contributed by atoms with Crippen LogP contribution in [0.4, 0.5) is 11.4 Å². The first-order valence-electron chi connectivity index (χ1n) is 13.2. The zero-order valence-electron chi connectivity index (χ0n) is 21.3. The number of hydrogen-bond donors (Lipinski definition) is 3. The van der Waals surface area contributed by atoms with Gasteiger partial charge in [-0.15, -0.1) is 0 Å². The Morgan fingerprint density at radius 3 is 2.68 bits per heavy atom. The van der Waals surface area contributed by atoms with Gasteiger partial charge in [-0.25, -0.2) is 0 Å². The zero-order valence-corrected chi connectivity index (χ0v) is 21.3. The number of hydrogen-bond acceptors (Lipinski definition) is 4. The maximum Gasteiger partial charge on any atom is 0.224 e. The highest BCUT2D eigenvalue weighted by Gasteiger charge is 2.17. The van der Waals surface area contributed by atoms with Crippen LogP contribution in [-0.4, -0.2) is 39.2 Å². The molecule has 188 valence electrons. The molecule has 0 atom stereocenters. The van der Waals surface area contributed by atoms with Crippen molar-refractivity contribution in [2.45, 2.75) is 39.5 Å². The highest BCUT2D eigenvalue weighted by Crippen LogP contribution is 2.35. The molecule has 2 aromatic carbocycles. The summed E-state index contributed by atoms with van der Waals surface area (Å²) in [5, 5.41) is 13.1. The highest BCUT2D eigenvalue weighted by atomic mass is 16.1. The van der Waals surface area contributed by atoms with Crippen molar-refractivity contribution in [2.75, 3.05) is 23.3 Å². The first kappa shape index (κ1) is 23.3. The Morgan fingerprint density at radius 2 is 1.84 bits per heavy atom. The smallest absolute Gasteiger partial charge is 0.224 e. The van der Waals surface area contributed by atoms with Gasteiger partial charge in [0.15, 0.2) is 0 Å². The molecule has 5 aromatic rings. The van der Waals surface area contributed by atoms with Crippen LogP contribution in [0.1, 0.15) is 39.5 Å². The number of carbonyl (C=O) groups is 1. The molecule has 0 unspecified atom stereocenters. The van der Waals surface area contributed by atoms with Gasteiger partial charge in [-0.05, 0) is 67.1 Å². The summed E-state index contributed by atoms with van der Waals surface area (Å²) in [5.74, 6) is 0.308. The lowest BCUT2D eigenvalue weighted by molar-refractivity contribution is -0.116. The molecule has 1 saturated heterocycles. The van der Waals surface area contributed by atoms with Crippen molar-refractivity contribution in [1.29, 1.82) is 0 Å². The molecule has 1 aliphatic rings. The summed E-state index contributed by atoms with van der Waals surface area (Å²) in [6.07, 6.45) is 7.81. The van der Waals surface area contributed by atoms with Gasteiger partial charge in [-0.2, -0.15) is 5.10 Å². The minimum atomic E-state index is 0.00394. The third-order valence-corrected chi connectivity index (χ3v) is 7.10. The van der Waals surface area contributed by atoms with E-state index in [2.05, 4.69) is 66.8 Å². The van der Waals surface area contributed by atoms with Gasteiger partial charge in [0.25, 0.3) is 0 Å². The third kappa shape index (κ3) is 4.69. The summed E-state index contributed by atoms with van der Waals surface area (Å²) in [4.78, 5) is 22.7. The van der Waals surface area contributed by atoms with E-state index < -0.39 is 0 Å². The number of H-pyrrole nitrogens is 2. The molecular formula is C30H32N6O. The second-order valence-corrected chi connectivity index (χ2v) is 10.4. The van der Waals surface area contributed by atoms with Crippen LogP contribution in [-0.2, 0) is 4.79 Å². The second-order valence-electron chi connectivity index (χ2n) is 10.4. The quantitative estimate of drug-likeness (QED) is 0.245. The number of carbonyl (C=O) groups excluding carboxylic acids is 1. The molecule has 3 aromatic heterocycles. The van der Waals surface area contributed by atoms with Crippen molar-refractivity contribution in [3.63, 3.8) is 0 Å². The summed E-state index contributed by atoms with van der Waals surface area (Å²) < 4.78 is 0. The second kappa shape index (κ2) is 9.73. The number of rotatable bonds is 6. The van der Waals surface area contributed by atoms with E-state index in [0.29, 0.717) is 18.0 Å². The molecule has 1 fully saturated rings. The molecule has 1 aliphatic heterocycles. The van der Waals surface area contributed by atoms with Crippen molar-refractivity contribution in [1.82, 2.24) is 20.2 Å². The number of aromatic nitrogens is 4. The van der Waals surface area contributed by atoms with E-state index >= 15 is 0 Å². The Labute approximate surface area is 216 Å². The fourth-order valence-corrected chi connectivity index (χ4v) is 5.33. The van der Waals surface area contributed by atoms with E-state index in [1.54, 1.807) is 6.20 Å². The van der Waals surface area contributed by atoms with Crippen LogP contribution in [0.25, 0.3) is 44.3 Å². The summed E-state index contributed by atoms with van der Waals surface area (Å²) in [5.41, 5.74) is 7.96. The van der Waals surface area contributed by atoms with Crippen molar-refractivity contribution < 1.29 is 4.79 Å². The Kier molecular flexibility index (Phi) is 6.12. The van der Waals surface area contributed by atoms with E-state index in [0.717, 1.165) is 52.0 Å². The van der Waals surface area contributed by atoms with E-state index in [4.69, 9.17) is 0 Å². The first-order valence-corrected chi connectivity index (χ1v) is 13.2. The van der Waals surface area contributed by atoms with Crippen molar-refractivity contribution in [3.8, 4) is 22.5 Å². The van der Waals surface area contributed by atoms with Crippen LogP contribution in [0.2, 0.25) is 0 Å². The summed E-state index contributed by atoms with van der Waals surface area (Å²) >= 11 is 0. The molecule has 0 aliphatic carbocycles. The molecule has 3 N–H and O–H groups in total. The predicted molar refractivity (Wildman–Crippen MR) is 151 cm³/mol. The van der Waals surface area contributed by atoms with Gasteiger partial charge in [0.1, 0.15) is 5.69 Å². The molecule has 0 spiro atoms. The third-order valence-electron chi connectivity index (χ3n) is 7.10. The van der Waals surface area contributed by atoms with Crippen LogP contribution in [0.15, 0.2) is 60.9 Å². The fraction of sp³-hybridized carbons (Fsp3) is 0.300. The van der Waals surface area contributed by atoms with Gasteiger partial charge in [-0.1, -0.05) is 26.0 Å². The van der Waals surface area contributed by atoms with Gasteiger partial charge < -0.3 is 15.2 Å². The molecule has 37 heavy (non-hydrogen) atoms.